The van der Waals surface area contributed by atoms with Crippen molar-refractivity contribution >= 4 is 11.6 Å². The molecule has 164 valence electrons. The van der Waals surface area contributed by atoms with Gasteiger partial charge in [0.1, 0.15) is 17.1 Å². The molecule has 4 fully saturated rings. The van der Waals surface area contributed by atoms with Crippen molar-refractivity contribution in [3.05, 3.63) is 30.2 Å². The van der Waals surface area contributed by atoms with Gasteiger partial charge in [0.15, 0.2) is 5.65 Å². The second kappa shape index (κ2) is 8.07. The van der Waals surface area contributed by atoms with Crippen LogP contribution in [-0.4, -0.2) is 50.8 Å². The van der Waals surface area contributed by atoms with Crippen LogP contribution in [0.15, 0.2) is 24.5 Å². The first-order chi connectivity index (χ1) is 15.2. The summed E-state index contributed by atoms with van der Waals surface area (Å²) in [5.74, 6) is 2.38. The van der Waals surface area contributed by atoms with E-state index in [4.69, 9.17) is 14.8 Å². The Kier molecular flexibility index (Phi) is 5.25. The summed E-state index contributed by atoms with van der Waals surface area (Å²) in [5.41, 5.74) is 3.74. The fourth-order valence-corrected chi connectivity index (χ4v) is 5.09. The first-order valence-electron chi connectivity index (χ1n) is 11.5. The molecule has 3 aromatic heterocycles. The molecule has 0 spiro atoms. The van der Waals surface area contributed by atoms with Gasteiger partial charge in [0, 0.05) is 30.3 Å². The molecule has 7 rings (SSSR count). The van der Waals surface area contributed by atoms with E-state index in [1.165, 1.54) is 25.7 Å². The molecule has 4 aliphatic rings. The van der Waals surface area contributed by atoms with Crippen LogP contribution in [0.3, 0.4) is 0 Å². The summed E-state index contributed by atoms with van der Waals surface area (Å²) < 4.78 is 7.57. The van der Waals surface area contributed by atoms with E-state index >= 15 is 0 Å². The maximum Gasteiger partial charge on any atom is 0.223 e. The van der Waals surface area contributed by atoms with Gasteiger partial charge in [-0.15, -0.1) is 0 Å². The Bertz CT molecular complexity index is 1060. The zero-order chi connectivity index (χ0) is 21.4. The number of ether oxygens (including phenoxy) is 1. The zero-order valence-corrected chi connectivity index (χ0v) is 18.6. The molecule has 8 nitrogen and oxygen atoms in total. The van der Waals surface area contributed by atoms with E-state index in [2.05, 4.69) is 20.6 Å². The smallest absolute Gasteiger partial charge is 0.223 e. The van der Waals surface area contributed by atoms with Crippen molar-refractivity contribution in [3.63, 3.8) is 0 Å². The number of imidazole rings is 1. The fraction of sp³-hybridized carbons (Fsp3) is 0.565. The number of rotatable bonds is 5. The first-order valence-corrected chi connectivity index (χ1v) is 11.5. The predicted molar refractivity (Wildman–Crippen MR) is 120 cm³/mol. The van der Waals surface area contributed by atoms with E-state index < -0.39 is 0 Å². The Balaban J connectivity index is 0.000000994. The van der Waals surface area contributed by atoms with E-state index in [1.807, 2.05) is 36.7 Å². The number of hydrogen-bond acceptors (Lipinski definition) is 7. The highest BCUT2D eigenvalue weighted by molar-refractivity contribution is 5.62. The Morgan fingerprint density at radius 2 is 2.06 bits per heavy atom. The second-order valence-corrected chi connectivity index (χ2v) is 8.69. The van der Waals surface area contributed by atoms with Crippen LogP contribution in [0.2, 0.25) is 0 Å². The van der Waals surface area contributed by atoms with Gasteiger partial charge in [-0.2, -0.15) is 5.10 Å². The van der Waals surface area contributed by atoms with Crippen LogP contribution in [-0.2, 0) is 5.41 Å². The first kappa shape index (κ1) is 20.2. The Labute approximate surface area is 182 Å². The average molecular weight is 422 g/mol. The van der Waals surface area contributed by atoms with Crippen molar-refractivity contribution in [1.82, 2.24) is 29.9 Å². The van der Waals surface area contributed by atoms with Crippen molar-refractivity contribution in [2.24, 2.45) is 5.92 Å². The molecule has 2 N–H and O–H groups in total. The van der Waals surface area contributed by atoms with Crippen LogP contribution < -0.4 is 15.4 Å². The minimum Gasteiger partial charge on any atom is -0.495 e. The Morgan fingerprint density at radius 1 is 1.23 bits per heavy atom. The van der Waals surface area contributed by atoms with Gasteiger partial charge in [0.05, 0.1) is 19.0 Å². The highest BCUT2D eigenvalue weighted by atomic mass is 16.5. The van der Waals surface area contributed by atoms with Gasteiger partial charge in [-0.1, -0.05) is 13.8 Å². The number of nitrogens with zero attached hydrogens (tertiary/aromatic N) is 5. The summed E-state index contributed by atoms with van der Waals surface area (Å²) in [6.07, 6.45) is 9.61. The molecule has 1 aliphatic heterocycles. The third-order valence-corrected chi connectivity index (χ3v) is 6.77. The molecular weight excluding hydrogens is 390 g/mol. The molecule has 2 bridgehead atoms. The minimum atomic E-state index is 0.206. The van der Waals surface area contributed by atoms with Gasteiger partial charge in [0.25, 0.3) is 0 Å². The van der Waals surface area contributed by atoms with Crippen LogP contribution in [0.5, 0.6) is 5.75 Å². The molecule has 0 aromatic carbocycles. The molecular formula is C23H31N7O. The normalized spacial score (nSPS) is 26.3. The molecule has 1 atom stereocenters. The van der Waals surface area contributed by atoms with E-state index in [1.54, 1.807) is 13.3 Å². The minimum absolute atomic E-state index is 0.206. The van der Waals surface area contributed by atoms with Crippen molar-refractivity contribution in [1.29, 1.82) is 0 Å². The zero-order valence-electron chi connectivity index (χ0n) is 18.6. The van der Waals surface area contributed by atoms with Gasteiger partial charge in [-0.3, -0.25) is 0 Å². The summed E-state index contributed by atoms with van der Waals surface area (Å²) >= 11 is 0. The monoisotopic (exact) mass is 421 g/mol. The molecule has 3 aliphatic carbocycles. The van der Waals surface area contributed by atoms with Crippen molar-refractivity contribution in [2.45, 2.75) is 57.4 Å². The molecule has 4 heterocycles. The lowest BCUT2D eigenvalue weighted by Gasteiger charge is -2.61. The topological polar surface area (TPSA) is 89.3 Å². The molecule has 0 radical (unpaired) electrons. The Hall–Kier alpha value is -2.74. The van der Waals surface area contributed by atoms with E-state index in [9.17, 15) is 0 Å². The Morgan fingerprint density at radius 3 is 2.74 bits per heavy atom. The lowest BCUT2D eigenvalue weighted by molar-refractivity contribution is -0.0333. The van der Waals surface area contributed by atoms with Crippen molar-refractivity contribution in [2.75, 3.05) is 25.5 Å². The number of fused-ring (bicyclic) bond motifs is 1. The summed E-state index contributed by atoms with van der Waals surface area (Å²) in [7, 11) is 1.72. The lowest BCUT2D eigenvalue weighted by Crippen LogP contribution is -2.56. The SMILES string of the molecule is CC.COc1cc2ncc(-c3ccnc(NC4CCCNC4)n3)n2nc1C12CC(C1)C2. The van der Waals surface area contributed by atoms with Gasteiger partial charge in [-0.05, 0) is 50.6 Å². The highest BCUT2D eigenvalue weighted by Gasteiger charge is 2.59. The fourth-order valence-electron chi connectivity index (χ4n) is 5.09. The number of methoxy groups -OCH3 is 1. The van der Waals surface area contributed by atoms with Gasteiger partial charge >= 0.3 is 0 Å². The maximum absolute atomic E-state index is 5.66. The summed E-state index contributed by atoms with van der Waals surface area (Å²) in [5, 5.41) is 11.9. The number of anilines is 1. The number of piperidine rings is 1. The van der Waals surface area contributed by atoms with Gasteiger partial charge < -0.3 is 15.4 Å². The molecule has 1 unspecified atom stereocenters. The summed E-state index contributed by atoms with van der Waals surface area (Å²) in [6, 6.07) is 4.28. The molecule has 3 aromatic rings. The summed E-state index contributed by atoms with van der Waals surface area (Å²) in [6.45, 7) is 6.03. The third-order valence-electron chi connectivity index (χ3n) is 6.77. The summed E-state index contributed by atoms with van der Waals surface area (Å²) in [4.78, 5) is 13.7. The van der Waals surface area contributed by atoms with Gasteiger partial charge in [-0.25, -0.2) is 19.5 Å². The van der Waals surface area contributed by atoms with Crippen molar-refractivity contribution in [3.8, 4) is 17.1 Å². The largest absolute Gasteiger partial charge is 0.495 e. The van der Waals surface area contributed by atoms with E-state index in [-0.39, 0.29) is 5.41 Å². The number of hydrogen-bond donors (Lipinski definition) is 2. The second-order valence-electron chi connectivity index (χ2n) is 8.69. The van der Waals surface area contributed by atoms with Crippen LogP contribution in [0, 0.1) is 5.92 Å². The van der Waals surface area contributed by atoms with Crippen LogP contribution in [0.25, 0.3) is 17.0 Å². The maximum atomic E-state index is 5.66. The predicted octanol–water partition coefficient (Wildman–Crippen LogP) is 3.44. The van der Waals surface area contributed by atoms with Gasteiger partial charge in [0.2, 0.25) is 5.95 Å². The van der Waals surface area contributed by atoms with E-state index in [0.29, 0.717) is 12.0 Å². The van der Waals surface area contributed by atoms with Crippen LogP contribution in [0.4, 0.5) is 5.95 Å². The highest BCUT2D eigenvalue weighted by Crippen LogP contribution is 2.66. The number of nitrogens with one attached hydrogen (secondary N) is 2. The number of aromatic nitrogens is 5. The molecule has 31 heavy (non-hydrogen) atoms. The molecule has 0 amide bonds. The molecule has 8 heteroatoms. The van der Waals surface area contributed by atoms with E-state index in [0.717, 1.165) is 53.9 Å². The molecule has 3 saturated carbocycles. The average Bonchev–Trinajstić information content (AvgIpc) is 3.16. The van der Waals surface area contributed by atoms with Crippen LogP contribution >= 0.6 is 0 Å². The molecule has 1 saturated heterocycles. The van der Waals surface area contributed by atoms with Crippen LogP contribution in [0.1, 0.15) is 51.6 Å². The quantitative estimate of drug-likeness (QED) is 0.652. The lowest BCUT2D eigenvalue weighted by atomic mass is 9.43. The third kappa shape index (κ3) is 3.43. The van der Waals surface area contributed by atoms with Crippen molar-refractivity contribution < 1.29 is 4.74 Å². The standard InChI is InChI=1S/C21H25N7O.C2H6/c1-29-17-7-18-24-12-16(28(18)27-19(17)21-8-13(9-21)10-21)15-4-6-23-20(26-15)25-14-3-2-5-22-11-14;1-2/h4,6-7,12-14,22H,2-3,5,8-11H2,1H3,(H,23,25,26);1-2H3.